The monoisotopic (exact) mass is 239 g/mol. The molecule has 4 rings (SSSR count). The van der Waals surface area contributed by atoms with Crippen LogP contribution in [0.3, 0.4) is 0 Å². The predicted molar refractivity (Wildman–Crippen MR) is 68.5 cm³/mol. The molecule has 0 unspecified atom stereocenters. The van der Waals surface area contributed by atoms with Crippen molar-refractivity contribution in [1.82, 2.24) is 5.32 Å². The van der Waals surface area contributed by atoms with Crippen molar-refractivity contribution in [3.05, 3.63) is 47.5 Å². The SMILES string of the molecule is c1cc2c(cc1-c1ccc3c(c1)OCO3)CNC2. The van der Waals surface area contributed by atoms with Gasteiger partial charge in [0.15, 0.2) is 11.5 Å². The van der Waals surface area contributed by atoms with Gasteiger partial charge < -0.3 is 14.8 Å². The Balaban J connectivity index is 1.78. The second-order valence-electron chi connectivity index (χ2n) is 4.66. The number of ether oxygens (including phenoxy) is 2. The molecular formula is C15H13NO2. The zero-order valence-corrected chi connectivity index (χ0v) is 9.90. The molecule has 0 aliphatic carbocycles. The van der Waals surface area contributed by atoms with Gasteiger partial charge in [-0.3, -0.25) is 0 Å². The molecule has 18 heavy (non-hydrogen) atoms. The Morgan fingerprint density at radius 2 is 1.56 bits per heavy atom. The summed E-state index contributed by atoms with van der Waals surface area (Å²) >= 11 is 0. The maximum absolute atomic E-state index is 5.42. The lowest BCUT2D eigenvalue weighted by Gasteiger charge is -2.06. The first-order valence-electron chi connectivity index (χ1n) is 6.13. The molecule has 0 saturated carbocycles. The average Bonchev–Trinajstić information content (AvgIpc) is 3.05. The Morgan fingerprint density at radius 3 is 2.56 bits per heavy atom. The van der Waals surface area contributed by atoms with E-state index in [-0.39, 0.29) is 0 Å². The van der Waals surface area contributed by atoms with E-state index in [4.69, 9.17) is 9.47 Å². The fourth-order valence-corrected chi connectivity index (χ4v) is 2.55. The van der Waals surface area contributed by atoms with Crippen LogP contribution >= 0.6 is 0 Å². The van der Waals surface area contributed by atoms with Crippen LogP contribution in [-0.4, -0.2) is 6.79 Å². The van der Waals surface area contributed by atoms with Gasteiger partial charge in [0.2, 0.25) is 6.79 Å². The Hall–Kier alpha value is -2.00. The molecule has 2 heterocycles. The Bertz CT molecular complexity index is 566. The van der Waals surface area contributed by atoms with E-state index >= 15 is 0 Å². The van der Waals surface area contributed by atoms with Crippen molar-refractivity contribution < 1.29 is 9.47 Å². The van der Waals surface area contributed by atoms with Crippen LogP contribution in [0.25, 0.3) is 11.1 Å². The van der Waals surface area contributed by atoms with Crippen LogP contribution < -0.4 is 14.8 Å². The van der Waals surface area contributed by atoms with Crippen molar-refractivity contribution in [2.75, 3.05) is 6.79 Å². The first-order valence-corrected chi connectivity index (χ1v) is 6.13. The molecule has 0 aromatic heterocycles. The molecule has 1 N–H and O–H groups in total. The summed E-state index contributed by atoms with van der Waals surface area (Å²) in [7, 11) is 0. The van der Waals surface area contributed by atoms with Gasteiger partial charge in [-0.15, -0.1) is 0 Å². The Labute approximate surface area is 105 Å². The summed E-state index contributed by atoms with van der Waals surface area (Å²) < 4.78 is 10.7. The number of benzene rings is 2. The minimum absolute atomic E-state index is 0.326. The van der Waals surface area contributed by atoms with Gasteiger partial charge in [0.1, 0.15) is 0 Å². The first kappa shape index (κ1) is 9.97. The molecule has 2 aliphatic rings. The zero-order chi connectivity index (χ0) is 11.9. The highest BCUT2D eigenvalue weighted by molar-refractivity contribution is 5.68. The predicted octanol–water partition coefficient (Wildman–Crippen LogP) is 2.69. The van der Waals surface area contributed by atoms with Gasteiger partial charge in [-0.05, 0) is 40.5 Å². The van der Waals surface area contributed by atoms with Gasteiger partial charge in [0.25, 0.3) is 0 Å². The fourth-order valence-electron chi connectivity index (χ4n) is 2.55. The van der Waals surface area contributed by atoms with Gasteiger partial charge in [-0.25, -0.2) is 0 Å². The maximum Gasteiger partial charge on any atom is 0.231 e. The summed E-state index contributed by atoms with van der Waals surface area (Å²) in [6.07, 6.45) is 0. The summed E-state index contributed by atoms with van der Waals surface area (Å²) in [6, 6.07) is 12.7. The molecule has 2 aromatic carbocycles. The zero-order valence-electron chi connectivity index (χ0n) is 9.90. The lowest BCUT2D eigenvalue weighted by atomic mass is 10.0. The Kier molecular flexibility index (Phi) is 2.08. The lowest BCUT2D eigenvalue weighted by Crippen LogP contribution is -1.99. The second kappa shape index (κ2) is 3.75. The van der Waals surface area contributed by atoms with Gasteiger partial charge in [0.05, 0.1) is 0 Å². The third kappa shape index (κ3) is 1.48. The molecule has 0 amide bonds. The molecule has 0 fully saturated rings. The molecule has 3 heteroatoms. The van der Waals surface area contributed by atoms with E-state index in [0.717, 1.165) is 24.6 Å². The summed E-state index contributed by atoms with van der Waals surface area (Å²) in [6.45, 7) is 2.28. The van der Waals surface area contributed by atoms with Crippen LogP contribution in [0.5, 0.6) is 11.5 Å². The number of hydrogen-bond donors (Lipinski definition) is 1. The highest BCUT2D eigenvalue weighted by Gasteiger charge is 2.15. The van der Waals surface area contributed by atoms with Crippen molar-refractivity contribution >= 4 is 0 Å². The summed E-state index contributed by atoms with van der Waals surface area (Å²) in [4.78, 5) is 0. The van der Waals surface area contributed by atoms with Crippen molar-refractivity contribution in [3.8, 4) is 22.6 Å². The number of rotatable bonds is 1. The smallest absolute Gasteiger partial charge is 0.231 e. The van der Waals surface area contributed by atoms with E-state index in [0.29, 0.717) is 6.79 Å². The molecule has 0 saturated heterocycles. The summed E-state index contributed by atoms with van der Waals surface area (Å²) in [5.74, 6) is 1.67. The van der Waals surface area contributed by atoms with E-state index in [1.165, 1.54) is 22.3 Å². The lowest BCUT2D eigenvalue weighted by molar-refractivity contribution is 0.174. The van der Waals surface area contributed by atoms with Crippen molar-refractivity contribution in [2.45, 2.75) is 13.1 Å². The third-order valence-electron chi connectivity index (χ3n) is 3.54. The van der Waals surface area contributed by atoms with Crippen LogP contribution in [0, 0.1) is 0 Å². The maximum atomic E-state index is 5.42. The fraction of sp³-hybridized carbons (Fsp3) is 0.200. The van der Waals surface area contributed by atoms with E-state index in [9.17, 15) is 0 Å². The topological polar surface area (TPSA) is 30.5 Å². The largest absolute Gasteiger partial charge is 0.454 e. The van der Waals surface area contributed by atoms with Crippen molar-refractivity contribution in [3.63, 3.8) is 0 Å². The van der Waals surface area contributed by atoms with Gasteiger partial charge in [-0.1, -0.05) is 18.2 Å². The van der Waals surface area contributed by atoms with Crippen LogP contribution in [0.4, 0.5) is 0 Å². The van der Waals surface area contributed by atoms with Gasteiger partial charge in [0, 0.05) is 13.1 Å². The van der Waals surface area contributed by atoms with E-state index in [1.54, 1.807) is 0 Å². The van der Waals surface area contributed by atoms with Crippen molar-refractivity contribution in [2.24, 2.45) is 0 Å². The summed E-state index contributed by atoms with van der Waals surface area (Å²) in [5, 5.41) is 3.36. The third-order valence-corrected chi connectivity index (χ3v) is 3.54. The van der Waals surface area contributed by atoms with Gasteiger partial charge in [-0.2, -0.15) is 0 Å². The van der Waals surface area contributed by atoms with E-state index < -0.39 is 0 Å². The molecule has 0 bridgehead atoms. The normalized spacial score (nSPS) is 15.8. The summed E-state index contributed by atoms with van der Waals surface area (Å²) in [5.41, 5.74) is 5.20. The highest BCUT2D eigenvalue weighted by Crippen LogP contribution is 2.36. The molecule has 0 spiro atoms. The molecule has 3 nitrogen and oxygen atoms in total. The first-order chi connectivity index (χ1) is 8.90. The van der Waals surface area contributed by atoms with Gasteiger partial charge >= 0.3 is 0 Å². The van der Waals surface area contributed by atoms with Crippen molar-refractivity contribution in [1.29, 1.82) is 0 Å². The van der Waals surface area contributed by atoms with Crippen LogP contribution in [0.1, 0.15) is 11.1 Å². The number of hydrogen-bond acceptors (Lipinski definition) is 3. The standard InChI is InChI=1S/C15H13NO2/c1-2-12-7-16-8-13(12)5-10(1)11-3-4-14-15(6-11)18-9-17-14/h1-6,16H,7-9H2. The average molecular weight is 239 g/mol. The number of fused-ring (bicyclic) bond motifs is 2. The molecule has 90 valence electrons. The molecule has 2 aromatic rings. The van der Waals surface area contributed by atoms with Crippen LogP contribution in [-0.2, 0) is 13.1 Å². The molecule has 0 radical (unpaired) electrons. The molecule has 0 atom stereocenters. The highest BCUT2D eigenvalue weighted by atomic mass is 16.7. The van der Waals surface area contributed by atoms with Crippen LogP contribution in [0.2, 0.25) is 0 Å². The minimum Gasteiger partial charge on any atom is -0.454 e. The number of nitrogens with one attached hydrogen (secondary N) is 1. The van der Waals surface area contributed by atoms with E-state index in [2.05, 4.69) is 29.6 Å². The quantitative estimate of drug-likeness (QED) is 0.830. The molecular weight excluding hydrogens is 226 g/mol. The Morgan fingerprint density at radius 1 is 0.778 bits per heavy atom. The minimum atomic E-state index is 0.326. The van der Waals surface area contributed by atoms with Crippen LogP contribution in [0.15, 0.2) is 36.4 Å². The molecule has 2 aliphatic heterocycles. The van der Waals surface area contributed by atoms with E-state index in [1.807, 2.05) is 12.1 Å². The second-order valence-corrected chi connectivity index (χ2v) is 4.66.